The number of hydrogen-bond donors (Lipinski definition) is 0. The van der Waals surface area contributed by atoms with Crippen LogP contribution in [-0.4, -0.2) is 66.2 Å². The summed E-state index contributed by atoms with van der Waals surface area (Å²) in [5, 5.41) is 0. The number of aromatic nitrogens is 2. The quantitative estimate of drug-likeness (QED) is 0.268. The van der Waals surface area contributed by atoms with Gasteiger partial charge in [0.15, 0.2) is 0 Å². The first-order chi connectivity index (χ1) is 21.9. The van der Waals surface area contributed by atoms with Crippen LogP contribution in [0.15, 0.2) is 94.6 Å². The van der Waals surface area contributed by atoms with Gasteiger partial charge in [0.25, 0.3) is 21.5 Å². The zero-order chi connectivity index (χ0) is 32.8. The van der Waals surface area contributed by atoms with E-state index in [0.29, 0.717) is 29.4 Å². The second-order valence-corrected chi connectivity index (χ2v) is 15.3. The fraction of sp³-hybridized carbons (Fsp3) is 0.389. The van der Waals surface area contributed by atoms with Gasteiger partial charge in [-0.05, 0) is 74.7 Å². The average molecular weight is 642 g/mol. The largest absolute Gasteiger partial charge is 0.334 e. The smallest absolute Gasteiger partial charge is 0.296 e. The number of likely N-dealkylation sites (tertiary alicyclic amines) is 2. The second-order valence-electron chi connectivity index (χ2n) is 13.4. The molecule has 0 radical (unpaired) electrons. The second kappa shape index (κ2) is 12.2. The molecule has 0 aliphatic carbocycles. The molecule has 3 aromatic carbocycles. The Bertz CT molecular complexity index is 1890. The van der Waals surface area contributed by atoms with E-state index >= 15 is 0 Å². The number of nitrogens with zero attached hydrogens (tertiary/aromatic N) is 5. The zero-order valence-corrected chi connectivity index (χ0v) is 28.1. The molecule has 9 nitrogen and oxygen atoms in total. The Hall–Kier alpha value is -4.15. The van der Waals surface area contributed by atoms with Crippen LogP contribution in [0.5, 0.6) is 0 Å². The van der Waals surface area contributed by atoms with E-state index in [2.05, 4.69) is 43.0 Å². The molecule has 2 saturated heterocycles. The molecule has 0 saturated carbocycles. The Labute approximate surface area is 271 Å². The summed E-state index contributed by atoms with van der Waals surface area (Å²) in [6, 6.07) is 25.9. The molecular formula is C36H43N5O4S. The van der Waals surface area contributed by atoms with E-state index in [1.54, 1.807) is 42.9 Å². The van der Waals surface area contributed by atoms with Crippen molar-refractivity contribution in [3.63, 3.8) is 0 Å². The summed E-state index contributed by atoms with van der Waals surface area (Å²) < 4.78 is 32.0. The monoisotopic (exact) mass is 641 g/mol. The van der Waals surface area contributed by atoms with E-state index in [4.69, 9.17) is 0 Å². The molecule has 0 N–H and O–H groups in total. The van der Waals surface area contributed by atoms with Crippen LogP contribution in [0, 0.1) is 18.3 Å². The van der Waals surface area contributed by atoms with Gasteiger partial charge in [0.1, 0.15) is 5.69 Å². The highest BCUT2D eigenvalue weighted by atomic mass is 32.2. The van der Waals surface area contributed by atoms with Crippen LogP contribution >= 0.6 is 0 Å². The van der Waals surface area contributed by atoms with E-state index in [0.717, 1.165) is 36.8 Å². The Kier molecular flexibility index (Phi) is 8.45. The van der Waals surface area contributed by atoms with Crippen LogP contribution in [0.25, 0.3) is 5.69 Å². The van der Waals surface area contributed by atoms with Crippen LogP contribution in [0.2, 0.25) is 0 Å². The standard InChI is InChI=1S/C36H43N5O4S/c1-26-32(35(43)41(37(26)4)30-16-10-7-11-17-30)38(5)46(44,45)31-18-12-15-29(23-31)34(42)40-25-36(2,3)33(40)28-19-21-39(22-20-28)24-27-13-8-6-9-14-27/h6-18,23,28,33H,19-22,24-25H2,1-5H3. The van der Waals surface area contributed by atoms with Gasteiger partial charge in [0.05, 0.1) is 16.3 Å². The maximum atomic E-state index is 14.0. The summed E-state index contributed by atoms with van der Waals surface area (Å²) in [6.45, 7) is 9.69. The number of sulfonamides is 1. The van der Waals surface area contributed by atoms with Crippen molar-refractivity contribution in [2.45, 2.75) is 51.1 Å². The molecule has 4 aromatic rings. The van der Waals surface area contributed by atoms with Crippen molar-refractivity contribution in [3.8, 4) is 5.69 Å². The first-order valence-electron chi connectivity index (χ1n) is 15.9. The Morgan fingerprint density at radius 2 is 1.57 bits per heavy atom. The first kappa shape index (κ1) is 31.8. The molecule has 46 heavy (non-hydrogen) atoms. The lowest BCUT2D eigenvalue weighted by Crippen LogP contribution is -2.67. The molecule has 242 valence electrons. The third-order valence-corrected chi connectivity index (χ3v) is 11.6. The number of benzene rings is 3. The van der Waals surface area contributed by atoms with Crippen molar-refractivity contribution in [2.24, 2.45) is 18.4 Å². The summed E-state index contributed by atoms with van der Waals surface area (Å²) in [5.74, 6) is 0.226. The van der Waals surface area contributed by atoms with E-state index in [1.807, 2.05) is 29.2 Å². The van der Waals surface area contributed by atoms with Crippen LogP contribution in [0.3, 0.4) is 0 Å². The van der Waals surface area contributed by atoms with Crippen molar-refractivity contribution in [3.05, 3.63) is 112 Å². The van der Waals surface area contributed by atoms with E-state index < -0.39 is 15.6 Å². The van der Waals surface area contributed by atoms with Gasteiger partial charge < -0.3 is 4.90 Å². The van der Waals surface area contributed by atoms with Gasteiger partial charge in [-0.15, -0.1) is 0 Å². The van der Waals surface area contributed by atoms with E-state index in [-0.39, 0.29) is 27.9 Å². The van der Waals surface area contributed by atoms with Crippen molar-refractivity contribution >= 4 is 21.6 Å². The van der Waals surface area contributed by atoms with Gasteiger partial charge in [-0.3, -0.25) is 23.5 Å². The predicted molar refractivity (Wildman–Crippen MR) is 181 cm³/mol. The molecule has 1 amide bonds. The fourth-order valence-corrected chi connectivity index (χ4v) is 8.74. The lowest BCUT2D eigenvalue weighted by Gasteiger charge is -2.58. The SMILES string of the molecule is Cc1c(N(C)S(=O)(=O)c2cccc(C(=O)N3CC(C)(C)C3C3CCN(Cc4ccccc4)CC3)c2)c(=O)n(-c2ccccc2)n1C. The molecule has 2 aliphatic heterocycles. The Morgan fingerprint density at radius 1 is 0.935 bits per heavy atom. The summed E-state index contributed by atoms with van der Waals surface area (Å²) in [5.41, 5.74) is 2.39. The minimum absolute atomic E-state index is 0.0185. The predicted octanol–water partition coefficient (Wildman–Crippen LogP) is 5.07. The highest BCUT2D eigenvalue weighted by molar-refractivity contribution is 7.92. The van der Waals surface area contributed by atoms with Gasteiger partial charge in [0, 0.05) is 44.2 Å². The number of piperidine rings is 1. The van der Waals surface area contributed by atoms with Crippen molar-refractivity contribution in [1.29, 1.82) is 0 Å². The Balaban J connectivity index is 1.20. The molecule has 2 aliphatic rings. The maximum Gasteiger partial charge on any atom is 0.296 e. The van der Waals surface area contributed by atoms with E-state index in [9.17, 15) is 18.0 Å². The van der Waals surface area contributed by atoms with Gasteiger partial charge in [0.2, 0.25) is 0 Å². The van der Waals surface area contributed by atoms with Gasteiger partial charge >= 0.3 is 0 Å². The van der Waals surface area contributed by atoms with E-state index in [1.165, 1.54) is 29.4 Å². The number of anilines is 1. The zero-order valence-electron chi connectivity index (χ0n) is 27.3. The third kappa shape index (κ3) is 5.69. The normalized spacial score (nSPS) is 18.7. The summed E-state index contributed by atoms with van der Waals surface area (Å²) in [7, 11) is -1.03. The molecule has 1 unspecified atom stereocenters. The summed E-state index contributed by atoms with van der Waals surface area (Å²) in [4.78, 5) is 31.9. The topological polar surface area (TPSA) is 87.9 Å². The summed E-state index contributed by atoms with van der Waals surface area (Å²) in [6.07, 6.45) is 2.03. The summed E-state index contributed by atoms with van der Waals surface area (Å²) >= 11 is 0. The average Bonchev–Trinajstić information content (AvgIpc) is 3.27. The number of carbonyl (C=O) groups excluding carboxylic acids is 1. The molecule has 6 rings (SSSR count). The highest BCUT2D eigenvalue weighted by Gasteiger charge is 2.52. The highest BCUT2D eigenvalue weighted by Crippen LogP contribution is 2.45. The molecule has 1 atom stereocenters. The number of para-hydroxylation sites is 1. The lowest BCUT2D eigenvalue weighted by atomic mass is 9.66. The number of carbonyl (C=O) groups is 1. The molecular weight excluding hydrogens is 598 g/mol. The van der Waals surface area contributed by atoms with Gasteiger partial charge in [-0.2, -0.15) is 0 Å². The van der Waals surface area contributed by atoms with Gasteiger partial charge in [-0.25, -0.2) is 13.1 Å². The molecule has 10 heteroatoms. The van der Waals surface area contributed by atoms with Crippen LogP contribution in [0.1, 0.15) is 48.3 Å². The van der Waals surface area contributed by atoms with Crippen LogP contribution in [0.4, 0.5) is 5.69 Å². The van der Waals surface area contributed by atoms with Gasteiger partial charge in [-0.1, -0.05) is 68.4 Å². The number of rotatable bonds is 8. The van der Waals surface area contributed by atoms with Crippen molar-refractivity contribution < 1.29 is 13.2 Å². The Morgan fingerprint density at radius 3 is 2.20 bits per heavy atom. The first-order valence-corrected chi connectivity index (χ1v) is 17.3. The molecule has 3 heterocycles. The minimum atomic E-state index is -4.15. The maximum absolute atomic E-state index is 14.0. The third-order valence-electron chi connectivity index (χ3n) is 9.88. The minimum Gasteiger partial charge on any atom is -0.334 e. The molecule has 0 spiro atoms. The molecule has 0 bridgehead atoms. The number of hydrogen-bond acceptors (Lipinski definition) is 5. The van der Waals surface area contributed by atoms with Crippen LogP contribution in [-0.2, 0) is 23.6 Å². The molecule has 1 aromatic heterocycles. The fourth-order valence-electron chi connectivity index (χ4n) is 7.45. The number of amides is 1. The van der Waals surface area contributed by atoms with Crippen molar-refractivity contribution in [1.82, 2.24) is 19.2 Å². The molecule has 2 fully saturated rings. The van der Waals surface area contributed by atoms with Crippen molar-refractivity contribution in [2.75, 3.05) is 31.0 Å². The van der Waals surface area contributed by atoms with Crippen LogP contribution < -0.4 is 9.86 Å². The lowest BCUT2D eigenvalue weighted by molar-refractivity contribution is -0.0714.